The minimum Gasteiger partial charge on any atom is -0.508 e. The summed E-state index contributed by atoms with van der Waals surface area (Å²) in [5.74, 6) is 0.852. The summed E-state index contributed by atoms with van der Waals surface area (Å²) in [6.07, 6.45) is 3.65. The Morgan fingerprint density at radius 3 is 2.77 bits per heavy atom. The van der Waals surface area contributed by atoms with Gasteiger partial charge in [0.25, 0.3) is 0 Å². The molecular weight excluding hydrogens is 394 g/mol. The van der Waals surface area contributed by atoms with Gasteiger partial charge in [0.05, 0.1) is 24.9 Å². The van der Waals surface area contributed by atoms with Crippen molar-refractivity contribution in [2.24, 2.45) is 5.92 Å². The Hall–Kier alpha value is -2.48. The summed E-state index contributed by atoms with van der Waals surface area (Å²) in [5.41, 5.74) is 1.86. The second kappa shape index (κ2) is 10.7. The number of carbonyl (C=O) groups is 1. The summed E-state index contributed by atoms with van der Waals surface area (Å²) in [5, 5.41) is 9.80. The molecule has 2 aromatic rings. The van der Waals surface area contributed by atoms with E-state index in [-0.39, 0.29) is 17.8 Å². The van der Waals surface area contributed by atoms with Gasteiger partial charge in [-0.25, -0.2) is 0 Å². The summed E-state index contributed by atoms with van der Waals surface area (Å²) in [4.78, 5) is 21.5. The van der Waals surface area contributed by atoms with Crippen molar-refractivity contribution in [3.8, 4) is 5.75 Å². The highest BCUT2D eigenvalue weighted by Crippen LogP contribution is 2.20. The molecule has 7 heteroatoms. The maximum absolute atomic E-state index is 13.1. The largest absolute Gasteiger partial charge is 0.508 e. The van der Waals surface area contributed by atoms with Crippen molar-refractivity contribution < 1.29 is 19.4 Å². The molecule has 0 radical (unpaired) electrons. The highest BCUT2D eigenvalue weighted by Gasteiger charge is 2.30. The van der Waals surface area contributed by atoms with Crippen molar-refractivity contribution in [2.45, 2.75) is 32.1 Å². The third-order valence-electron chi connectivity index (χ3n) is 5.93. The van der Waals surface area contributed by atoms with E-state index in [1.807, 2.05) is 35.2 Å². The molecule has 1 aromatic carbocycles. The molecule has 31 heavy (non-hydrogen) atoms. The lowest BCUT2D eigenvalue weighted by molar-refractivity contribution is -0.133. The van der Waals surface area contributed by atoms with Crippen LogP contribution in [0.1, 0.15) is 24.1 Å². The number of aromatic hydroxyl groups is 1. The number of aromatic nitrogens is 1. The zero-order valence-corrected chi connectivity index (χ0v) is 17.9. The van der Waals surface area contributed by atoms with Crippen molar-refractivity contribution in [1.82, 2.24) is 14.8 Å². The highest BCUT2D eigenvalue weighted by atomic mass is 16.5. The van der Waals surface area contributed by atoms with Crippen molar-refractivity contribution in [3.05, 3.63) is 59.9 Å². The van der Waals surface area contributed by atoms with Crippen LogP contribution in [0.2, 0.25) is 0 Å². The van der Waals surface area contributed by atoms with E-state index in [1.54, 1.807) is 18.3 Å². The Morgan fingerprint density at radius 2 is 2.00 bits per heavy atom. The number of hydrogen-bond acceptors (Lipinski definition) is 6. The second-order valence-corrected chi connectivity index (χ2v) is 8.45. The van der Waals surface area contributed by atoms with E-state index in [1.165, 1.54) is 0 Å². The number of hydrogen-bond donors (Lipinski definition) is 1. The monoisotopic (exact) mass is 425 g/mol. The summed E-state index contributed by atoms with van der Waals surface area (Å²) in [6, 6.07) is 13.0. The number of nitrogens with zero attached hydrogens (tertiary/aromatic N) is 3. The minimum atomic E-state index is -0.106. The van der Waals surface area contributed by atoms with Crippen LogP contribution in [-0.4, -0.2) is 71.3 Å². The molecule has 7 nitrogen and oxygen atoms in total. The van der Waals surface area contributed by atoms with E-state index in [2.05, 4.69) is 9.88 Å². The van der Waals surface area contributed by atoms with Gasteiger partial charge in [-0.3, -0.25) is 14.7 Å². The van der Waals surface area contributed by atoms with E-state index >= 15 is 0 Å². The van der Waals surface area contributed by atoms with Crippen LogP contribution >= 0.6 is 0 Å². The molecule has 0 saturated carbocycles. The Balaban J connectivity index is 1.45. The third kappa shape index (κ3) is 6.50. The predicted octanol–water partition coefficient (Wildman–Crippen LogP) is 2.44. The molecule has 0 unspecified atom stereocenters. The molecule has 3 heterocycles. The molecule has 166 valence electrons. The summed E-state index contributed by atoms with van der Waals surface area (Å²) in [6.45, 7) is 4.90. The molecule has 1 aromatic heterocycles. The maximum Gasteiger partial charge on any atom is 0.236 e. The average Bonchev–Trinajstić information content (AvgIpc) is 2.92. The summed E-state index contributed by atoms with van der Waals surface area (Å²) in [7, 11) is 0. The van der Waals surface area contributed by atoms with Gasteiger partial charge in [-0.15, -0.1) is 0 Å². The Labute approximate surface area is 183 Å². The van der Waals surface area contributed by atoms with Gasteiger partial charge in [0.15, 0.2) is 0 Å². The lowest BCUT2D eigenvalue weighted by Crippen LogP contribution is -2.42. The Bertz CT molecular complexity index is 842. The number of phenolic OH excluding ortho intramolecular Hbond substituents is 1. The fourth-order valence-corrected chi connectivity index (χ4v) is 4.29. The van der Waals surface area contributed by atoms with Crippen LogP contribution < -0.4 is 0 Å². The normalized spacial score (nSPS) is 21.2. The quantitative estimate of drug-likeness (QED) is 0.735. The van der Waals surface area contributed by atoms with Crippen LogP contribution in [0.5, 0.6) is 5.75 Å². The Morgan fingerprint density at radius 1 is 1.13 bits per heavy atom. The first-order valence-corrected chi connectivity index (χ1v) is 11.0. The molecule has 0 bridgehead atoms. The fraction of sp³-hybridized carbons (Fsp3) is 0.500. The molecule has 2 aliphatic rings. The molecule has 2 saturated heterocycles. The van der Waals surface area contributed by atoms with Crippen LogP contribution in [0, 0.1) is 5.92 Å². The van der Waals surface area contributed by atoms with Crippen molar-refractivity contribution in [2.75, 3.05) is 39.4 Å². The zero-order chi connectivity index (χ0) is 21.5. The SMILES string of the molecule is O=C1CN(Cc2cccc(O)c2)C[C@@H](OCc2ccccn2)CN1CC1CCOCC1. The number of carbonyl (C=O) groups excluding carboxylic acids is 1. The zero-order valence-electron chi connectivity index (χ0n) is 17.9. The van der Waals surface area contributed by atoms with Gasteiger partial charge >= 0.3 is 0 Å². The van der Waals surface area contributed by atoms with Gasteiger partial charge in [0.2, 0.25) is 5.91 Å². The molecular formula is C24H31N3O4. The number of rotatable bonds is 7. The van der Waals surface area contributed by atoms with E-state index in [9.17, 15) is 9.90 Å². The van der Waals surface area contributed by atoms with E-state index in [0.717, 1.165) is 43.9 Å². The Kier molecular flexibility index (Phi) is 7.51. The molecule has 0 spiro atoms. The van der Waals surface area contributed by atoms with Crippen LogP contribution in [0.3, 0.4) is 0 Å². The van der Waals surface area contributed by atoms with Gasteiger partial charge in [-0.05, 0) is 48.6 Å². The number of benzene rings is 1. The van der Waals surface area contributed by atoms with Crippen molar-refractivity contribution in [1.29, 1.82) is 0 Å². The molecule has 2 aliphatic heterocycles. The van der Waals surface area contributed by atoms with Crippen LogP contribution in [-0.2, 0) is 27.4 Å². The van der Waals surface area contributed by atoms with E-state index in [4.69, 9.17) is 9.47 Å². The third-order valence-corrected chi connectivity index (χ3v) is 5.93. The van der Waals surface area contributed by atoms with Crippen LogP contribution in [0.25, 0.3) is 0 Å². The number of phenols is 1. The van der Waals surface area contributed by atoms with E-state index in [0.29, 0.717) is 38.7 Å². The molecule has 1 atom stereocenters. The number of amides is 1. The average molecular weight is 426 g/mol. The predicted molar refractivity (Wildman–Crippen MR) is 116 cm³/mol. The van der Waals surface area contributed by atoms with Gasteiger partial charge in [-0.2, -0.15) is 0 Å². The standard InChI is InChI=1S/C24H31N3O4/c28-22-6-3-4-20(12-22)13-26-15-23(31-18-21-5-1-2-9-25-21)16-27(24(29)17-26)14-19-7-10-30-11-8-19/h1-6,9,12,19,23,28H,7-8,10-11,13-18H2/t23-/m1/s1. The number of pyridine rings is 1. The maximum atomic E-state index is 13.1. The molecule has 1 amide bonds. The van der Waals surface area contributed by atoms with Crippen LogP contribution in [0.15, 0.2) is 48.7 Å². The molecule has 2 fully saturated rings. The molecule has 4 rings (SSSR count). The van der Waals surface area contributed by atoms with E-state index < -0.39 is 0 Å². The fourth-order valence-electron chi connectivity index (χ4n) is 4.29. The van der Waals surface area contributed by atoms with Crippen molar-refractivity contribution >= 4 is 5.91 Å². The first kappa shape index (κ1) is 21.7. The van der Waals surface area contributed by atoms with Gasteiger partial charge in [0.1, 0.15) is 5.75 Å². The molecule has 0 aliphatic carbocycles. The highest BCUT2D eigenvalue weighted by molar-refractivity contribution is 5.78. The lowest BCUT2D eigenvalue weighted by Gasteiger charge is -2.30. The summed E-state index contributed by atoms with van der Waals surface area (Å²) >= 11 is 0. The van der Waals surface area contributed by atoms with Gasteiger partial charge in [0, 0.05) is 45.6 Å². The van der Waals surface area contributed by atoms with Crippen molar-refractivity contribution in [3.63, 3.8) is 0 Å². The lowest BCUT2D eigenvalue weighted by atomic mass is 9.99. The minimum absolute atomic E-state index is 0.106. The topological polar surface area (TPSA) is 75.1 Å². The molecule has 1 N–H and O–H groups in total. The van der Waals surface area contributed by atoms with Gasteiger partial charge in [-0.1, -0.05) is 18.2 Å². The van der Waals surface area contributed by atoms with Gasteiger partial charge < -0.3 is 19.5 Å². The second-order valence-electron chi connectivity index (χ2n) is 8.45. The number of ether oxygens (including phenoxy) is 2. The summed E-state index contributed by atoms with van der Waals surface area (Å²) < 4.78 is 11.7. The first-order valence-electron chi connectivity index (χ1n) is 11.0. The van der Waals surface area contributed by atoms with Crippen LogP contribution in [0.4, 0.5) is 0 Å². The first-order chi connectivity index (χ1) is 15.2. The smallest absolute Gasteiger partial charge is 0.236 e.